The Morgan fingerprint density at radius 2 is 1.90 bits per heavy atom. The van der Waals surface area contributed by atoms with Crippen LogP contribution < -0.4 is 0 Å². The van der Waals surface area contributed by atoms with Gasteiger partial charge in [0.2, 0.25) is 0 Å². The summed E-state index contributed by atoms with van der Waals surface area (Å²) >= 11 is 1.72. The van der Waals surface area contributed by atoms with Crippen molar-refractivity contribution < 1.29 is 14.7 Å². The molecular weight excluding hydrogens is 392 g/mol. The molecule has 1 fully saturated rings. The molecule has 1 saturated carbocycles. The van der Waals surface area contributed by atoms with Gasteiger partial charge in [0.15, 0.2) is 0 Å². The summed E-state index contributed by atoms with van der Waals surface area (Å²) in [5, 5.41) is 11.8. The highest BCUT2D eigenvalue weighted by Crippen LogP contribution is 2.41. The van der Waals surface area contributed by atoms with Gasteiger partial charge in [0.1, 0.15) is 5.78 Å². The van der Waals surface area contributed by atoms with Gasteiger partial charge in [0.05, 0.1) is 10.8 Å². The fraction of sp³-hybridized carbons (Fsp3) is 0.308. The van der Waals surface area contributed by atoms with Gasteiger partial charge >= 0.3 is 5.97 Å². The Morgan fingerprint density at radius 3 is 2.73 bits per heavy atom. The lowest BCUT2D eigenvalue weighted by Gasteiger charge is -2.19. The zero-order valence-corrected chi connectivity index (χ0v) is 18.0. The van der Waals surface area contributed by atoms with Crippen LogP contribution in [0.2, 0.25) is 0 Å². The number of ketones is 1. The van der Waals surface area contributed by atoms with Gasteiger partial charge < -0.3 is 5.11 Å². The van der Waals surface area contributed by atoms with Crippen LogP contribution in [0.5, 0.6) is 0 Å². The number of thioether (sulfide) groups is 1. The van der Waals surface area contributed by atoms with Crippen LogP contribution in [-0.2, 0) is 11.2 Å². The summed E-state index contributed by atoms with van der Waals surface area (Å²) in [4.78, 5) is 25.2. The average molecular weight is 419 g/mol. The number of rotatable bonds is 7. The lowest BCUT2D eigenvalue weighted by molar-refractivity contribution is -0.117. The number of carboxylic acids is 1. The molecule has 1 unspecified atom stereocenters. The van der Waals surface area contributed by atoms with Crippen molar-refractivity contribution in [3.05, 3.63) is 77.4 Å². The summed E-state index contributed by atoms with van der Waals surface area (Å²) < 4.78 is 0. The number of aryl methyl sites for hydroxylation is 2. The summed E-state index contributed by atoms with van der Waals surface area (Å²) in [7, 11) is 0. The molecule has 0 heterocycles. The van der Waals surface area contributed by atoms with Crippen molar-refractivity contribution in [3.8, 4) is 0 Å². The number of carbonyl (C=O) groups is 2. The van der Waals surface area contributed by atoms with Crippen LogP contribution in [0.4, 0.5) is 0 Å². The van der Waals surface area contributed by atoms with Crippen molar-refractivity contribution in [3.63, 3.8) is 0 Å². The molecular formula is C26H26O3S. The number of aromatic carboxylic acids is 1. The van der Waals surface area contributed by atoms with Crippen molar-refractivity contribution in [1.82, 2.24) is 0 Å². The summed E-state index contributed by atoms with van der Waals surface area (Å²) in [5.74, 6) is -0.130. The van der Waals surface area contributed by atoms with E-state index in [1.54, 1.807) is 17.8 Å². The van der Waals surface area contributed by atoms with Crippen molar-refractivity contribution in [2.75, 3.05) is 0 Å². The number of fused-ring (bicyclic) bond motifs is 1. The minimum atomic E-state index is -0.873. The monoisotopic (exact) mass is 418 g/mol. The van der Waals surface area contributed by atoms with E-state index in [1.165, 1.54) is 15.7 Å². The number of hydrogen-bond donors (Lipinski definition) is 1. The summed E-state index contributed by atoms with van der Waals surface area (Å²) in [6.07, 6.45) is 4.42. The lowest BCUT2D eigenvalue weighted by Crippen LogP contribution is -2.17. The number of carbonyl (C=O) groups excluding carboxylic acids is 1. The van der Waals surface area contributed by atoms with Gasteiger partial charge in [-0.15, -0.1) is 11.8 Å². The van der Waals surface area contributed by atoms with Gasteiger partial charge in [0.25, 0.3) is 0 Å². The smallest absolute Gasteiger partial charge is 0.335 e. The van der Waals surface area contributed by atoms with Crippen molar-refractivity contribution >= 4 is 34.3 Å². The molecule has 2 atom stereocenters. The fourth-order valence-electron chi connectivity index (χ4n) is 4.40. The molecule has 0 saturated heterocycles. The van der Waals surface area contributed by atoms with Gasteiger partial charge in [-0.1, -0.05) is 48.5 Å². The van der Waals surface area contributed by atoms with Crippen LogP contribution in [0.1, 0.15) is 47.2 Å². The van der Waals surface area contributed by atoms with E-state index in [2.05, 4.69) is 30.3 Å². The molecule has 0 aliphatic heterocycles. The standard InChI is InChI=1S/C26H26O3S/c1-17-12-13-18(16-22(17)26(28)29)6-4-9-20-14-15-23(27)25(20)30-24-11-5-8-19-7-2-3-10-21(19)24/h2-3,5,7-8,10-13,16,20,25H,4,6,9,14-15H2,1H3,(H,28,29)/t20-,25?/m0/s1. The van der Waals surface area contributed by atoms with Crippen molar-refractivity contribution in [2.45, 2.75) is 49.2 Å². The first-order valence-electron chi connectivity index (χ1n) is 10.5. The van der Waals surface area contributed by atoms with Crippen LogP contribution in [-0.4, -0.2) is 22.1 Å². The first kappa shape index (κ1) is 20.7. The third-order valence-electron chi connectivity index (χ3n) is 6.08. The molecule has 3 aromatic carbocycles. The third kappa shape index (κ3) is 4.44. The van der Waals surface area contributed by atoms with Gasteiger partial charge in [-0.25, -0.2) is 4.79 Å². The minimum Gasteiger partial charge on any atom is -0.478 e. The van der Waals surface area contributed by atoms with Crippen LogP contribution in [0, 0.1) is 12.8 Å². The van der Waals surface area contributed by atoms with E-state index < -0.39 is 5.97 Å². The van der Waals surface area contributed by atoms with E-state index in [1.807, 2.05) is 31.2 Å². The summed E-state index contributed by atoms with van der Waals surface area (Å²) in [6, 6.07) is 20.3. The molecule has 1 aliphatic carbocycles. The number of benzene rings is 3. The molecule has 0 radical (unpaired) electrons. The summed E-state index contributed by atoms with van der Waals surface area (Å²) in [5.41, 5.74) is 2.23. The SMILES string of the molecule is Cc1ccc(CCC[C@H]2CCC(=O)C2Sc2cccc3ccccc23)cc1C(=O)O. The first-order valence-corrected chi connectivity index (χ1v) is 11.4. The van der Waals surface area contributed by atoms with E-state index in [-0.39, 0.29) is 5.25 Å². The average Bonchev–Trinajstić information content (AvgIpc) is 3.09. The quantitative estimate of drug-likeness (QED) is 0.488. The van der Waals surface area contributed by atoms with E-state index in [0.717, 1.165) is 36.8 Å². The van der Waals surface area contributed by atoms with Gasteiger partial charge in [-0.05, 0) is 72.6 Å². The molecule has 30 heavy (non-hydrogen) atoms. The predicted octanol–water partition coefficient (Wildman–Crippen LogP) is 6.31. The van der Waals surface area contributed by atoms with Gasteiger partial charge in [-0.2, -0.15) is 0 Å². The largest absolute Gasteiger partial charge is 0.478 e. The zero-order valence-electron chi connectivity index (χ0n) is 17.1. The zero-order chi connectivity index (χ0) is 21.1. The summed E-state index contributed by atoms with van der Waals surface area (Å²) in [6.45, 7) is 1.83. The molecule has 4 heteroatoms. The second-order valence-corrected chi connectivity index (χ2v) is 9.31. The maximum Gasteiger partial charge on any atom is 0.335 e. The minimum absolute atomic E-state index is 0.0170. The maximum atomic E-state index is 12.6. The highest BCUT2D eigenvalue weighted by Gasteiger charge is 2.35. The second kappa shape index (κ2) is 9.05. The first-order chi connectivity index (χ1) is 14.5. The highest BCUT2D eigenvalue weighted by atomic mass is 32.2. The highest BCUT2D eigenvalue weighted by molar-refractivity contribution is 8.00. The van der Waals surface area contributed by atoms with E-state index >= 15 is 0 Å². The molecule has 0 bridgehead atoms. The number of carboxylic acid groups (broad SMARTS) is 1. The normalized spacial score (nSPS) is 18.8. The number of hydrogen-bond acceptors (Lipinski definition) is 3. The van der Waals surface area contributed by atoms with Crippen molar-refractivity contribution in [2.24, 2.45) is 5.92 Å². The van der Waals surface area contributed by atoms with Crippen molar-refractivity contribution in [1.29, 1.82) is 0 Å². The molecule has 3 aromatic rings. The Balaban J connectivity index is 1.42. The topological polar surface area (TPSA) is 54.4 Å². The molecule has 0 spiro atoms. The van der Waals surface area contributed by atoms with Gasteiger partial charge in [-0.3, -0.25) is 4.79 Å². The molecule has 0 amide bonds. The number of Topliss-reactive ketones (excluding diaryl/α,β-unsaturated/α-hetero) is 1. The third-order valence-corrected chi connectivity index (χ3v) is 7.59. The molecule has 154 valence electrons. The maximum absolute atomic E-state index is 12.6. The van der Waals surface area contributed by atoms with Gasteiger partial charge in [0, 0.05) is 11.3 Å². The van der Waals surface area contributed by atoms with Crippen LogP contribution in [0.25, 0.3) is 10.8 Å². The predicted molar refractivity (Wildman–Crippen MR) is 122 cm³/mol. The Labute approximate surface area is 181 Å². The van der Waals surface area contributed by atoms with Crippen LogP contribution >= 0.6 is 11.8 Å². The van der Waals surface area contributed by atoms with E-state index in [0.29, 0.717) is 23.7 Å². The Bertz CT molecular complexity index is 1080. The molecule has 3 nitrogen and oxygen atoms in total. The molecule has 1 N–H and O–H groups in total. The molecule has 0 aromatic heterocycles. The van der Waals surface area contributed by atoms with Crippen LogP contribution in [0.3, 0.4) is 0 Å². The fourth-order valence-corrected chi connectivity index (χ4v) is 5.86. The van der Waals surface area contributed by atoms with E-state index in [4.69, 9.17) is 0 Å². The Hall–Kier alpha value is -2.59. The molecule has 4 rings (SSSR count). The Morgan fingerprint density at radius 1 is 1.10 bits per heavy atom. The lowest BCUT2D eigenvalue weighted by atomic mass is 9.96. The van der Waals surface area contributed by atoms with E-state index in [9.17, 15) is 14.7 Å². The Kier molecular flexibility index (Phi) is 6.24. The second-order valence-electron chi connectivity index (χ2n) is 8.13. The van der Waals surface area contributed by atoms with Crippen LogP contribution in [0.15, 0.2) is 65.6 Å². The molecule has 1 aliphatic rings.